The van der Waals surface area contributed by atoms with Crippen molar-refractivity contribution in [3.63, 3.8) is 0 Å². The monoisotopic (exact) mass is 279 g/mol. The van der Waals surface area contributed by atoms with Crippen molar-refractivity contribution in [1.29, 1.82) is 0 Å². The molecule has 1 aromatic rings. The molecule has 1 aromatic carbocycles. The van der Waals surface area contributed by atoms with Gasteiger partial charge in [0, 0.05) is 12.1 Å². The van der Waals surface area contributed by atoms with Crippen molar-refractivity contribution in [3.8, 4) is 5.75 Å². The van der Waals surface area contributed by atoms with Crippen LogP contribution in [0.3, 0.4) is 0 Å². The Hall–Kier alpha value is -2.24. The van der Waals surface area contributed by atoms with Crippen molar-refractivity contribution < 1.29 is 14.7 Å². The van der Waals surface area contributed by atoms with E-state index in [1.807, 2.05) is 31.2 Å². The summed E-state index contributed by atoms with van der Waals surface area (Å²) in [5.41, 5.74) is 6.42. The third kappa shape index (κ3) is 4.15. The minimum absolute atomic E-state index is 0.0654. The third-order valence-corrected chi connectivity index (χ3v) is 3.01. The van der Waals surface area contributed by atoms with E-state index in [2.05, 4.69) is 10.5 Å². The number of carbonyl (C=O) groups excluding carboxylic acids is 1. The molecule has 0 aliphatic rings. The van der Waals surface area contributed by atoms with Gasteiger partial charge in [0.2, 0.25) is 5.91 Å². The number of oxime groups is 1. The fourth-order valence-electron chi connectivity index (χ4n) is 1.93. The first-order chi connectivity index (χ1) is 9.63. The summed E-state index contributed by atoms with van der Waals surface area (Å²) in [5.74, 6) is -0.222. The maximum Gasteiger partial charge on any atom is 0.231 e. The molecule has 1 unspecified atom stereocenters. The van der Waals surface area contributed by atoms with Crippen LogP contribution in [0.1, 0.15) is 25.3 Å². The number of para-hydroxylation sites is 1. The molecule has 6 nitrogen and oxygen atoms in total. The van der Waals surface area contributed by atoms with Gasteiger partial charge in [0.25, 0.3) is 0 Å². The van der Waals surface area contributed by atoms with Crippen LogP contribution >= 0.6 is 0 Å². The van der Waals surface area contributed by atoms with Crippen molar-refractivity contribution in [2.24, 2.45) is 16.8 Å². The Labute approximate surface area is 118 Å². The topological polar surface area (TPSA) is 96.9 Å². The Balaban J connectivity index is 2.69. The highest BCUT2D eigenvalue weighted by atomic mass is 16.5. The maximum atomic E-state index is 12.1. The first-order valence-corrected chi connectivity index (χ1v) is 6.51. The van der Waals surface area contributed by atoms with Crippen LogP contribution in [-0.4, -0.2) is 24.1 Å². The standard InChI is InChI=1S/C14H21N3O3/c1-3-6-11(13(15)17-19)14(18)16-9-10-7-4-5-8-12(10)20-2/h4-5,7-8,11,19H,3,6,9H2,1-2H3,(H2,15,17)(H,16,18). The predicted octanol–water partition coefficient (Wildman–Crippen LogP) is 1.47. The molecule has 1 atom stereocenters. The van der Waals surface area contributed by atoms with Gasteiger partial charge < -0.3 is 21.0 Å². The number of carbonyl (C=O) groups is 1. The molecular weight excluding hydrogens is 258 g/mol. The van der Waals surface area contributed by atoms with Gasteiger partial charge in [-0.05, 0) is 12.5 Å². The molecule has 1 rings (SSSR count). The fraction of sp³-hybridized carbons (Fsp3) is 0.429. The lowest BCUT2D eigenvalue weighted by molar-refractivity contribution is -0.123. The Morgan fingerprint density at radius 3 is 2.80 bits per heavy atom. The predicted molar refractivity (Wildman–Crippen MR) is 76.6 cm³/mol. The number of ether oxygens (including phenoxy) is 1. The lowest BCUT2D eigenvalue weighted by Gasteiger charge is -2.15. The number of hydrogen-bond acceptors (Lipinski definition) is 4. The van der Waals surface area contributed by atoms with E-state index in [1.54, 1.807) is 7.11 Å². The van der Waals surface area contributed by atoms with E-state index in [9.17, 15) is 4.79 Å². The summed E-state index contributed by atoms with van der Waals surface area (Å²) in [6.45, 7) is 2.27. The largest absolute Gasteiger partial charge is 0.496 e. The second-order valence-electron chi connectivity index (χ2n) is 4.40. The fourth-order valence-corrected chi connectivity index (χ4v) is 1.93. The molecule has 0 fully saturated rings. The molecular formula is C14H21N3O3. The zero-order chi connectivity index (χ0) is 15.0. The molecule has 0 heterocycles. The minimum atomic E-state index is -0.611. The van der Waals surface area contributed by atoms with E-state index in [4.69, 9.17) is 15.7 Å². The second-order valence-corrected chi connectivity index (χ2v) is 4.40. The van der Waals surface area contributed by atoms with E-state index in [0.717, 1.165) is 12.0 Å². The van der Waals surface area contributed by atoms with Crippen LogP contribution < -0.4 is 15.8 Å². The van der Waals surface area contributed by atoms with Crippen molar-refractivity contribution >= 4 is 11.7 Å². The van der Waals surface area contributed by atoms with Gasteiger partial charge in [-0.2, -0.15) is 0 Å². The minimum Gasteiger partial charge on any atom is -0.496 e. The highest BCUT2D eigenvalue weighted by molar-refractivity contribution is 6.02. The molecule has 0 spiro atoms. The number of benzene rings is 1. The van der Waals surface area contributed by atoms with Gasteiger partial charge >= 0.3 is 0 Å². The summed E-state index contributed by atoms with van der Waals surface area (Å²) >= 11 is 0. The Bertz CT molecular complexity index is 474. The van der Waals surface area contributed by atoms with E-state index in [0.29, 0.717) is 18.7 Å². The molecule has 0 aliphatic carbocycles. The molecule has 0 radical (unpaired) electrons. The average molecular weight is 279 g/mol. The zero-order valence-corrected chi connectivity index (χ0v) is 11.8. The van der Waals surface area contributed by atoms with Gasteiger partial charge in [0.05, 0.1) is 13.0 Å². The summed E-state index contributed by atoms with van der Waals surface area (Å²) in [6, 6.07) is 7.43. The van der Waals surface area contributed by atoms with Gasteiger partial charge in [0.1, 0.15) is 5.75 Å². The Morgan fingerprint density at radius 2 is 2.20 bits per heavy atom. The summed E-state index contributed by atoms with van der Waals surface area (Å²) in [7, 11) is 1.58. The van der Waals surface area contributed by atoms with Crippen LogP contribution in [0, 0.1) is 5.92 Å². The Kier molecular flexibility index (Phi) is 6.36. The number of hydrogen-bond donors (Lipinski definition) is 3. The summed E-state index contributed by atoms with van der Waals surface area (Å²) in [4.78, 5) is 12.1. The third-order valence-electron chi connectivity index (χ3n) is 3.01. The molecule has 0 aromatic heterocycles. The normalized spacial score (nSPS) is 12.8. The maximum absolute atomic E-state index is 12.1. The molecule has 20 heavy (non-hydrogen) atoms. The summed E-state index contributed by atoms with van der Waals surface area (Å²) in [5, 5.41) is 14.4. The molecule has 0 saturated carbocycles. The molecule has 4 N–H and O–H groups in total. The van der Waals surface area contributed by atoms with E-state index >= 15 is 0 Å². The van der Waals surface area contributed by atoms with Crippen LogP contribution in [0.4, 0.5) is 0 Å². The number of nitrogens with two attached hydrogens (primary N) is 1. The molecule has 6 heteroatoms. The molecule has 0 saturated heterocycles. The van der Waals surface area contributed by atoms with Gasteiger partial charge in [-0.15, -0.1) is 0 Å². The van der Waals surface area contributed by atoms with Crippen molar-refractivity contribution in [1.82, 2.24) is 5.32 Å². The lowest BCUT2D eigenvalue weighted by atomic mass is 10.0. The lowest BCUT2D eigenvalue weighted by Crippen LogP contribution is -2.38. The summed E-state index contributed by atoms with van der Waals surface area (Å²) < 4.78 is 5.21. The van der Waals surface area contributed by atoms with Crippen LogP contribution in [0.2, 0.25) is 0 Å². The second kappa shape index (κ2) is 8.04. The van der Waals surface area contributed by atoms with Gasteiger partial charge in [-0.25, -0.2) is 0 Å². The Morgan fingerprint density at radius 1 is 1.50 bits per heavy atom. The highest BCUT2D eigenvalue weighted by Crippen LogP contribution is 2.17. The summed E-state index contributed by atoms with van der Waals surface area (Å²) in [6.07, 6.45) is 1.30. The van der Waals surface area contributed by atoms with Crippen LogP contribution in [0.15, 0.2) is 29.4 Å². The van der Waals surface area contributed by atoms with E-state index < -0.39 is 5.92 Å². The number of nitrogens with zero attached hydrogens (tertiary/aromatic N) is 1. The average Bonchev–Trinajstić information content (AvgIpc) is 2.49. The van der Waals surface area contributed by atoms with E-state index in [-0.39, 0.29) is 11.7 Å². The van der Waals surface area contributed by atoms with Crippen LogP contribution in [0.25, 0.3) is 0 Å². The molecule has 1 amide bonds. The van der Waals surface area contributed by atoms with Crippen LogP contribution in [0.5, 0.6) is 5.75 Å². The first kappa shape index (κ1) is 15.8. The number of rotatable bonds is 7. The first-order valence-electron chi connectivity index (χ1n) is 6.51. The SMILES string of the molecule is CCCC(C(=O)NCc1ccccc1OC)C(N)=NO. The van der Waals surface area contributed by atoms with Crippen molar-refractivity contribution in [2.75, 3.05) is 7.11 Å². The van der Waals surface area contributed by atoms with E-state index in [1.165, 1.54) is 0 Å². The number of amides is 1. The quantitative estimate of drug-likeness (QED) is 0.305. The number of nitrogens with one attached hydrogen (secondary N) is 1. The van der Waals surface area contributed by atoms with Gasteiger partial charge in [-0.3, -0.25) is 4.79 Å². The number of methoxy groups -OCH3 is 1. The van der Waals surface area contributed by atoms with Gasteiger partial charge in [0.15, 0.2) is 5.84 Å². The molecule has 110 valence electrons. The highest BCUT2D eigenvalue weighted by Gasteiger charge is 2.22. The van der Waals surface area contributed by atoms with Crippen LogP contribution in [-0.2, 0) is 11.3 Å². The molecule has 0 aliphatic heterocycles. The number of amidine groups is 1. The molecule has 0 bridgehead atoms. The van der Waals surface area contributed by atoms with Gasteiger partial charge in [-0.1, -0.05) is 36.7 Å². The van der Waals surface area contributed by atoms with Crippen molar-refractivity contribution in [2.45, 2.75) is 26.3 Å². The van der Waals surface area contributed by atoms with Crippen molar-refractivity contribution in [3.05, 3.63) is 29.8 Å². The zero-order valence-electron chi connectivity index (χ0n) is 11.8. The smallest absolute Gasteiger partial charge is 0.231 e.